The highest BCUT2D eigenvalue weighted by Crippen LogP contribution is 2.49. The van der Waals surface area contributed by atoms with Gasteiger partial charge >= 0.3 is 0 Å². The van der Waals surface area contributed by atoms with Gasteiger partial charge in [-0.3, -0.25) is 4.79 Å². The first-order chi connectivity index (χ1) is 9.66. The van der Waals surface area contributed by atoms with Crippen molar-refractivity contribution in [3.05, 3.63) is 82.9 Å². The molecule has 1 nitrogen and oxygen atoms in total. The van der Waals surface area contributed by atoms with Gasteiger partial charge in [-0.1, -0.05) is 66.2 Å². The van der Waals surface area contributed by atoms with Crippen LogP contribution in [-0.2, 0) is 10.2 Å². The van der Waals surface area contributed by atoms with E-state index in [2.05, 4.69) is 24.3 Å². The number of carbonyl (C=O) groups excluding carboxylic acids is 1. The minimum atomic E-state index is -0.477. The molecule has 20 heavy (non-hydrogen) atoms. The van der Waals surface area contributed by atoms with E-state index < -0.39 is 5.41 Å². The second-order valence-electron chi connectivity index (χ2n) is 5.62. The minimum absolute atomic E-state index is 0.259. The lowest BCUT2D eigenvalue weighted by atomic mass is 9.56. The van der Waals surface area contributed by atoms with Gasteiger partial charge in [-0.2, -0.15) is 0 Å². The Balaban J connectivity index is 2.17. The first-order valence-electron chi connectivity index (χ1n) is 6.98. The van der Waals surface area contributed by atoms with E-state index in [1.807, 2.05) is 50.2 Å². The number of ketones is 1. The van der Waals surface area contributed by atoms with E-state index in [-0.39, 0.29) is 5.78 Å². The molecule has 0 N–H and O–H groups in total. The average molecular weight is 262 g/mol. The van der Waals surface area contributed by atoms with Crippen LogP contribution in [0, 0.1) is 0 Å². The SMILES string of the molecule is CC(C)=C1CC(c2ccccc2)(c2ccccc2)C1=O. The maximum atomic E-state index is 12.9. The van der Waals surface area contributed by atoms with Gasteiger partial charge in [0.05, 0.1) is 5.41 Å². The van der Waals surface area contributed by atoms with E-state index in [1.54, 1.807) is 0 Å². The van der Waals surface area contributed by atoms with Gasteiger partial charge in [0.1, 0.15) is 0 Å². The molecule has 0 saturated heterocycles. The van der Waals surface area contributed by atoms with Crippen LogP contribution < -0.4 is 0 Å². The molecule has 0 amide bonds. The molecule has 2 aromatic rings. The molecule has 1 aliphatic carbocycles. The number of benzene rings is 2. The van der Waals surface area contributed by atoms with Gasteiger partial charge in [0.2, 0.25) is 0 Å². The summed E-state index contributed by atoms with van der Waals surface area (Å²) >= 11 is 0. The molecule has 0 radical (unpaired) electrons. The summed E-state index contributed by atoms with van der Waals surface area (Å²) in [6, 6.07) is 20.3. The summed E-state index contributed by atoms with van der Waals surface area (Å²) in [6.45, 7) is 4.04. The number of allylic oxidation sites excluding steroid dienone is 2. The molecule has 0 spiro atoms. The molecule has 3 rings (SSSR count). The monoisotopic (exact) mass is 262 g/mol. The Morgan fingerprint density at radius 3 is 1.65 bits per heavy atom. The zero-order valence-corrected chi connectivity index (χ0v) is 11.9. The lowest BCUT2D eigenvalue weighted by Gasteiger charge is -2.43. The molecule has 100 valence electrons. The normalized spacial score (nSPS) is 16.7. The molecule has 2 aromatic carbocycles. The predicted octanol–water partition coefficient (Wildman–Crippen LogP) is 4.28. The van der Waals surface area contributed by atoms with E-state index in [9.17, 15) is 4.79 Å². The molecular formula is C19H18O. The number of hydrogen-bond donors (Lipinski definition) is 0. The molecular weight excluding hydrogens is 244 g/mol. The lowest BCUT2D eigenvalue weighted by molar-refractivity contribution is -0.124. The summed E-state index contributed by atoms with van der Waals surface area (Å²) in [4.78, 5) is 12.9. The van der Waals surface area contributed by atoms with E-state index in [1.165, 1.54) is 0 Å². The van der Waals surface area contributed by atoms with Gasteiger partial charge in [0, 0.05) is 0 Å². The summed E-state index contributed by atoms with van der Waals surface area (Å²) in [6.07, 6.45) is 0.808. The van der Waals surface area contributed by atoms with Crippen LogP contribution in [0.15, 0.2) is 71.8 Å². The van der Waals surface area contributed by atoms with Crippen molar-refractivity contribution in [3.63, 3.8) is 0 Å². The second kappa shape index (κ2) is 4.75. The predicted molar refractivity (Wildman–Crippen MR) is 81.7 cm³/mol. The van der Waals surface area contributed by atoms with Gasteiger partial charge in [-0.05, 0) is 37.0 Å². The van der Waals surface area contributed by atoms with Crippen LogP contribution in [0.2, 0.25) is 0 Å². The molecule has 0 bridgehead atoms. The van der Waals surface area contributed by atoms with Crippen molar-refractivity contribution >= 4 is 5.78 Å². The van der Waals surface area contributed by atoms with Crippen molar-refractivity contribution in [2.24, 2.45) is 0 Å². The highest BCUT2D eigenvalue weighted by molar-refractivity contribution is 6.13. The summed E-state index contributed by atoms with van der Waals surface area (Å²) in [5.74, 6) is 0.259. The summed E-state index contributed by atoms with van der Waals surface area (Å²) < 4.78 is 0. The molecule has 0 aromatic heterocycles. The summed E-state index contributed by atoms with van der Waals surface area (Å²) in [7, 11) is 0. The van der Waals surface area contributed by atoms with Gasteiger partial charge in [-0.25, -0.2) is 0 Å². The van der Waals surface area contributed by atoms with Crippen molar-refractivity contribution in [2.75, 3.05) is 0 Å². The van der Waals surface area contributed by atoms with Crippen LogP contribution in [0.5, 0.6) is 0 Å². The fraction of sp³-hybridized carbons (Fsp3) is 0.211. The van der Waals surface area contributed by atoms with Gasteiger partial charge in [0.25, 0.3) is 0 Å². The average Bonchev–Trinajstić information content (AvgIpc) is 2.48. The van der Waals surface area contributed by atoms with Crippen LogP contribution in [0.25, 0.3) is 0 Å². The fourth-order valence-electron chi connectivity index (χ4n) is 3.06. The Bertz CT molecular complexity index is 622. The molecule has 0 heterocycles. The van der Waals surface area contributed by atoms with Crippen LogP contribution in [0.4, 0.5) is 0 Å². The Kier molecular flexibility index (Phi) is 3.06. The van der Waals surface area contributed by atoms with Gasteiger partial charge in [0.15, 0.2) is 5.78 Å². The summed E-state index contributed by atoms with van der Waals surface area (Å²) in [5.41, 5.74) is 3.84. The third-order valence-electron chi connectivity index (χ3n) is 4.24. The third kappa shape index (κ3) is 1.74. The van der Waals surface area contributed by atoms with Crippen molar-refractivity contribution in [1.82, 2.24) is 0 Å². The number of carbonyl (C=O) groups is 1. The van der Waals surface area contributed by atoms with E-state index in [0.717, 1.165) is 28.7 Å². The zero-order chi connectivity index (χ0) is 14.2. The van der Waals surface area contributed by atoms with Crippen molar-refractivity contribution in [2.45, 2.75) is 25.7 Å². The number of hydrogen-bond acceptors (Lipinski definition) is 1. The third-order valence-corrected chi connectivity index (χ3v) is 4.24. The summed E-state index contributed by atoms with van der Waals surface area (Å²) in [5, 5.41) is 0. The largest absolute Gasteiger partial charge is 0.293 e. The minimum Gasteiger partial charge on any atom is -0.293 e. The van der Waals surface area contributed by atoms with E-state index >= 15 is 0 Å². The van der Waals surface area contributed by atoms with Crippen molar-refractivity contribution in [3.8, 4) is 0 Å². The van der Waals surface area contributed by atoms with Crippen LogP contribution in [0.3, 0.4) is 0 Å². The molecule has 1 fully saturated rings. The molecule has 0 unspecified atom stereocenters. The van der Waals surface area contributed by atoms with Crippen LogP contribution >= 0.6 is 0 Å². The standard InChI is InChI=1S/C19H18O/c1-14(2)17-13-19(18(17)20,15-9-5-3-6-10-15)16-11-7-4-8-12-16/h3-12H,13H2,1-2H3. The van der Waals surface area contributed by atoms with E-state index in [0.29, 0.717) is 0 Å². The lowest BCUT2D eigenvalue weighted by Crippen LogP contribution is -2.48. The molecule has 1 aliphatic rings. The highest BCUT2D eigenvalue weighted by atomic mass is 16.1. The van der Waals surface area contributed by atoms with Crippen LogP contribution in [0.1, 0.15) is 31.4 Å². The molecule has 1 heteroatoms. The Morgan fingerprint density at radius 2 is 1.30 bits per heavy atom. The number of Topliss-reactive ketones (excluding diaryl/α,β-unsaturated/α-hetero) is 1. The Labute approximate surface area is 120 Å². The second-order valence-corrected chi connectivity index (χ2v) is 5.62. The van der Waals surface area contributed by atoms with Crippen LogP contribution in [-0.4, -0.2) is 5.78 Å². The Hall–Kier alpha value is -2.15. The fourth-order valence-corrected chi connectivity index (χ4v) is 3.06. The number of rotatable bonds is 2. The van der Waals surface area contributed by atoms with Gasteiger partial charge in [-0.15, -0.1) is 0 Å². The van der Waals surface area contributed by atoms with Gasteiger partial charge < -0.3 is 0 Å². The highest BCUT2D eigenvalue weighted by Gasteiger charge is 2.52. The topological polar surface area (TPSA) is 17.1 Å². The molecule has 0 atom stereocenters. The maximum absolute atomic E-state index is 12.9. The van der Waals surface area contributed by atoms with Crippen molar-refractivity contribution in [1.29, 1.82) is 0 Å². The Morgan fingerprint density at radius 1 is 0.850 bits per heavy atom. The van der Waals surface area contributed by atoms with E-state index in [4.69, 9.17) is 0 Å². The quantitative estimate of drug-likeness (QED) is 0.738. The molecule has 1 saturated carbocycles. The molecule has 0 aliphatic heterocycles. The smallest absolute Gasteiger partial charge is 0.174 e. The first kappa shape index (κ1) is 12.9. The maximum Gasteiger partial charge on any atom is 0.174 e. The first-order valence-corrected chi connectivity index (χ1v) is 6.98. The van der Waals surface area contributed by atoms with Crippen molar-refractivity contribution < 1.29 is 4.79 Å². The zero-order valence-electron chi connectivity index (χ0n) is 11.9.